The molecular weight excluding hydrogens is 322 g/mol. The van der Waals surface area contributed by atoms with Crippen molar-refractivity contribution in [3.8, 4) is 0 Å². The molecule has 0 aliphatic heterocycles. The van der Waals surface area contributed by atoms with Gasteiger partial charge < -0.3 is 11.1 Å². The first-order chi connectivity index (χ1) is 9.36. The normalized spacial score (nSPS) is 13.9. The summed E-state index contributed by atoms with van der Waals surface area (Å²) in [7, 11) is 0. The topological polar surface area (TPSA) is 55.1 Å². The highest BCUT2D eigenvalue weighted by atomic mass is 35.5. The van der Waals surface area contributed by atoms with Gasteiger partial charge in [-0.3, -0.25) is 4.79 Å². The summed E-state index contributed by atoms with van der Waals surface area (Å²) in [4.78, 5) is 11.9. The fraction of sp³-hybridized carbons (Fsp3) is 0.462. The Morgan fingerprint density at radius 3 is 2.70 bits per heavy atom. The van der Waals surface area contributed by atoms with Gasteiger partial charge in [-0.05, 0) is 43.0 Å². The van der Waals surface area contributed by atoms with E-state index in [4.69, 9.17) is 28.9 Å². The zero-order valence-corrected chi connectivity index (χ0v) is 13.6. The third-order valence-electron chi connectivity index (χ3n) is 2.83. The molecule has 0 bridgehead atoms. The fourth-order valence-electron chi connectivity index (χ4n) is 1.64. The number of thioether (sulfide) groups is 1. The van der Waals surface area contributed by atoms with Crippen molar-refractivity contribution in [2.75, 3.05) is 12.0 Å². The Hall–Kier alpha value is -0.490. The van der Waals surface area contributed by atoms with E-state index >= 15 is 0 Å². The first-order valence-electron chi connectivity index (χ1n) is 6.06. The third-order valence-corrected chi connectivity index (χ3v) is 4.10. The summed E-state index contributed by atoms with van der Waals surface area (Å²) in [5, 5.41) is 2.98. The van der Waals surface area contributed by atoms with Gasteiger partial charge in [-0.25, -0.2) is 4.39 Å². The van der Waals surface area contributed by atoms with E-state index < -0.39 is 17.9 Å². The fourth-order valence-corrected chi connectivity index (χ4v) is 2.68. The maximum absolute atomic E-state index is 13.5. The van der Waals surface area contributed by atoms with E-state index in [1.165, 1.54) is 12.1 Å². The molecule has 0 aliphatic rings. The summed E-state index contributed by atoms with van der Waals surface area (Å²) < 4.78 is 13.5. The Bertz CT molecular complexity index is 488. The molecule has 1 amide bonds. The molecule has 0 aliphatic carbocycles. The molecule has 0 heterocycles. The van der Waals surface area contributed by atoms with Crippen LogP contribution in [0.15, 0.2) is 12.1 Å². The van der Waals surface area contributed by atoms with Crippen molar-refractivity contribution in [3.05, 3.63) is 33.6 Å². The maximum atomic E-state index is 13.5. The van der Waals surface area contributed by atoms with Gasteiger partial charge >= 0.3 is 0 Å². The molecule has 3 nitrogen and oxygen atoms in total. The van der Waals surface area contributed by atoms with Gasteiger partial charge in [0.05, 0.1) is 17.1 Å². The zero-order valence-electron chi connectivity index (χ0n) is 11.3. The van der Waals surface area contributed by atoms with Gasteiger partial charge in [-0.15, -0.1) is 0 Å². The lowest BCUT2D eigenvalue weighted by molar-refractivity contribution is -0.123. The Morgan fingerprint density at radius 1 is 1.45 bits per heavy atom. The number of nitrogens with one attached hydrogen (secondary N) is 1. The number of carbonyl (C=O) groups excluding carboxylic acids is 1. The van der Waals surface area contributed by atoms with Crippen LogP contribution in [0.1, 0.15) is 24.9 Å². The highest BCUT2D eigenvalue weighted by Crippen LogP contribution is 2.28. The van der Waals surface area contributed by atoms with Crippen molar-refractivity contribution in [2.24, 2.45) is 5.73 Å². The van der Waals surface area contributed by atoms with E-state index in [1.54, 1.807) is 18.7 Å². The summed E-state index contributed by atoms with van der Waals surface area (Å²) in [5.74, 6) is -0.0453. The molecule has 0 aromatic heterocycles. The smallest absolute Gasteiger partial charge is 0.237 e. The van der Waals surface area contributed by atoms with E-state index in [1.807, 2.05) is 6.26 Å². The van der Waals surface area contributed by atoms with Crippen LogP contribution in [0.2, 0.25) is 10.0 Å². The number of rotatable bonds is 6. The summed E-state index contributed by atoms with van der Waals surface area (Å²) in [5.41, 5.74) is 6.24. The van der Waals surface area contributed by atoms with Gasteiger partial charge in [0, 0.05) is 5.02 Å². The Kier molecular flexibility index (Phi) is 7.09. The predicted molar refractivity (Wildman–Crippen MR) is 84.0 cm³/mol. The van der Waals surface area contributed by atoms with Crippen molar-refractivity contribution in [3.63, 3.8) is 0 Å². The van der Waals surface area contributed by atoms with Crippen molar-refractivity contribution >= 4 is 40.9 Å². The van der Waals surface area contributed by atoms with Crippen LogP contribution in [0.4, 0.5) is 4.39 Å². The number of carbonyl (C=O) groups is 1. The first kappa shape index (κ1) is 17.6. The highest BCUT2D eigenvalue weighted by molar-refractivity contribution is 7.98. The minimum Gasteiger partial charge on any atom is -0.348 e. The van der Waals surface area contributed by atoms with Crippen LogP contribution in [0.25, 0.3) is 0 Å². The molecular formula is C13H17Cl2FN2OS. The SMILES string of the molecule is CSCCC(N)C(=O)NC(C)c1cc(F)c(Cl)cc1Cl. The van der Waals surface area contributed by atoms with Gasteiger partial charge in [-0.2, -0.15) is 11.8 Å². The third kappa shape index (κ3) is 4.81. The lowest BCUT2D eigenvalue weighted by Gasteiger charge is -2.19. The summed E-state index contributed by atoms with van der Waals surface area (Å²) >= 11 is 13.3. The van der Waals surface area contributed by atoms with E-state index in [-0.39, 0.29) is 10.9 Å². The summed E-state index contributed by atoms with van der Waals surface area (Å²) in [6, 6.07) is 1.52. The second-order valence-electron chi connectivity index (χ2n) is 4.41. The average molecular weight is 339 g/mol. The molecule has 2 atom stereocenters. The number of hydrogen-bond acceptors (Lipinski definition) is 3. The molecule has 1 aromatic rings. The van der Waals surface area contributed by atoms with Crippen molar-refractivity contribution < 1.29 is 9.18 Å². The monoisotopic (exact) mass is 338 g/mol. The standard InChI is InChI=1S/C13H17Cl2FN2OS/c1-7(18-13(19)12(17)3-4-20-2)8-5-11(16)10(15)6-9(8)14/h5-7,12H,3-4,17H2,1-2H3,(H,18,19). The van der Waals surface area contributed by atoms with E-state index in [2.05, 4.69) is 5.32 Å². The zero-order chi connectivity index (χ0) is 15.3. The van der Waals surface area contributed by atoms with Gasteiger partial charge in [0.2, 0.25) is 5.91 Å². The molecule has 0 radical (unpaired) electrons. The Morgan fingerprint density at radius 2 is 2.10 bits per heavy atom. The largest absolute Gasteiger partial charge is 0.348 e. The first-order valence-corrected chi connectivity index (χ1v) is 8.21. The molecule has 0 fully saturated rings. The van der Waals surface area contributed by atoms with E-state index in [0.717, 1.165) is 5.75 Å². The minimum atomic E-state index is -0.583. The van der Waals surface area contributed by atoms with Crippen LogP contribution in [0.5, 0.6) is 0 Å². The number of hydrogen-bond donors (Lipinski definition) is 2. The quantitative estimate of drug-likeness (QED) is 0.781. The van der Waals surface area contributed by atoms with E-state index in [9.17, 15) is 9.18 Å². The van der Waals surface area contributed by atoms with Crippen LogP contribution < -0.4 is 11.1 Å². The number of benzene rings is 1. The molecule has 112 valence electrons. The van der Waals surface area contributed by atoms with Crippen molar-refractivity contribution in [2.45, 2.75) is 25.4 Å². The van der Waals surface area contributed by atoms with Gasteiger partial charge in [0.15, 0.2) is 0 Å². The van der Waals surface area contributed by atoms with Crippen molar-refractivity contribution in [1.82, 2.24) is 5.32 Å². The van der Waals surface area contributed by atoms with Gasteiger partial charge in [-0.1, -0.05) is 23.2 Å². The molecule has 3 N–H and O–H groups in total. The van der Waals surface area contributed by atoms with Crippen LogP contribution in [0.3, 0.4) is 0 Å². The van der Waals surface area contributed by atoms with Gasteiger partial charge in [0.25, 0.3) is 0 Å². The van der Waals surface area contributed by atoms with Crippen LogP contribution >= 0.6 is 35.0 Å². The molecule has 2 unspecified atom stereocenters. The molecule has 1 aromatic carbocycles. The average Bonchev–Trinajstić information content (AvgIpc) is 2.39. The molecule has 20 heavy (non-hydrogen) atoms. The predicted octanol–water partition coefficient (Wildman–Crippen LogP) is 3.39. The molecule has 0 saturated heterocycles. The lowest BCUT2D eigenvalue weighted by Crippen LogP contribution is -2.42. The van der Waals surface area contributed by atoms with Crippen LogP contribution in [-0.4, -0.2) is 24.0 Å². The molecule has 0 saturated carbocycles. The second kappa shape index (κ2) is 8.08. The number of nitrogens with two attached hydrogens (primary N) is 1. The molecule has 1 rings (SSSR count). The molecule has 7 heteroatoms. The van der Waals surface area contributed by atoms with Crippen LogP contribution in [-0.2, 0) is 4.79 Å². The lowest BCUT2D eigenvalue weighted by atomic mass is 10.1. The molecule has 0 spiro atoms. The van der Waals surface area contributed by atoms with Crippen molar-refractivity contribution in [1.29, 1.82) is 0 Å². The number of amides is 1. The Labute approximate surface area is 132 Å². The summed E-state index contributed by atoms with van der Waals surface area (Å²) in [6.07, 6.45) is 2.53. The minimum absolute atomic E-state index is 0.0473. The highest BCUT2D eigenvalue weighted by Gasteiger charge is 2.19. The second-order valence-corrected chi connectivity index (χ2v) is 6.21. The Balaban J connectivity index is 2.73. The number of halogens is 3. The maximum Gasteiger partial charge on any atom is 0.237 e. The summed E-state index contributed by atoms with van der Waals surface area (Å²) in [6.45, 7) is 1.72. The van der Waals surface area contributed by atoms with Crippen LogP contribution in [0, 0.1) is 5.82 Å². The van der Waals surface area contributed by atoms with Gasteiger partial charge in [0.1, 0.15) is 5.82 Å². The van der Waals surface area contributed by atoms with E-state index in [0.29, 0.717) is 17.0 Å².